The Hall–Kier alpha value is -1.78. The summed E-state index contributed by atoms with van der Waals surface area (Å²) in [6, 6.07) is 0. The number of hydrogen-bond acceptors (Lipinski definition) is 5. The molecule has 2 spiro atoms. The quantitative estimate of drug-likeness (QED) is 0.452. The molecule has 0 radical (unpaired) electrons. The second-order valence-corrected chi connectivity index (χ2v) is 12.3. The van der Waals surface area contributed by atoms with Crippen LogP contribution < -0.4 is 0 Å². The molecule has 160 valence electrons. The van der Waals surface area contributed by atoms with Crippen molar-refractivity contribution in [3.63, 3.8) is 0 Å². The zero-order chi connectivity index (χ0) is 21.7. The summed E-state index contributed by atoms with van der Waals surface area (Å²) >= 11 is 0. The van der Waals surface area contributed by atoms with Crippen LogP contribution >= 0.6 is 0 Å². The maximum atomic E-state index is 13.9. The van der Waals surface area contributed by atoms with E-state index in [1.54, 1.807) is 13.0 Å². The van der Waals surface area contributed by atoms with E-state index in [-0.39, 0.29) is 46.6 Å². The van der Waals surface area contributed by atoms with Crippen LogP contribution in [0.4, 0.5) is 0 Å². The summed E-state index contributed by atoms with van der Waals surface area (Å²) in [5.74, 6) is -0.925. The lowest BCUT2D eigenvalue weighted by Gasteiger charge is -2.68. The average Bonchev–Trinajstić information content (AvgIpc) is 3.12. The molecule has 5 nitrogen and oxygen atoms in total. The zero-order valence-corrected chi connectivity index (χ0v) is 18.5. The lowest BCUT2D eigenvalue weighted by Crippen LogP contribution is -2.74. The minimum absolute atomic E-state index is 0.0184. The summed E-state index contributed by atoms with van der Waals surface area (Å²) in [6.45, 7) is 10.3. The van der Waals surface area contributed by atoms with E-state index in [0.717, 1.165) is 12.8 Å². The number of cyclic esters (lactones) is 1. The van der Waals surface area contributed by atoms with Crippen molar-refractivity contribution in [1.29, 1.82) is 0 Å². The Morgan fingerprint density at radius 1 is 1.00 bits per heavy atom. The van der Waals surface area contributed by atoms with Crippen molar-refractivity contribution < 1.29 is 23.9 Å². The highest BCUT2D eigenvalue weighted by atomic mass is 16.5. The molecule has 1 heterocycles. The van der Waals surface area contributed by atoms with Crippen molar-refractivity contribution in [2.75, 3.05) is 6.61 Å². The Morgan fingerprint density at radius 2 is 1.70 bits per heavy atom. The van der Waals surface area contributed by atoms with Crippen molar-refractivity contribution in [3.05, 3.63) is 12.2 Å². The Kier molecular flexibility index (Phi) is 2.96. The van der Waals surface area contributed by atoms with Crippen LogP contribution in [0, 0.1) is 50.2 Å². The first kappa shape index (κ1) is 18.9. The molecule has 6 aliphatic carbocycles. The first-order chi connectivity index (χ1) is 13.8. The number of esters is 1. The fourth-order valence-corrected chi connectivity index (χ4v) is 10.1. The van der Waals surface area contributed by atoms with Gasteiger partial charge in [-0.05, 0) is 61.3 Å². The fourth-order valence-electron chi connectivity index (χ4n) is 10.1. The van der Waals surface area contributed by atoms with Gasteiger partial charge in [0.05, 0.1) is 12.0 Å². The maximum Gasteiger partial charge on any atom is 0.317 e. The lowest BCUT2D eigenvalue weighted by atomic mass is 9.31. The van der Waals surface area contributed by atoms with Crippen LogP contribution in [0.5, 0.6) is 0 Å². The van der Waals surface area contributed by atoms with Crippen LogP contribution in [0.25, 0.3) is 0 Å². The van der Waals surface area contributed by atoms with Crippen molar-refractivity contribution in [2.24, 2.45) is 50.2 Å². The molecule has 7 rings (SSSR count). The first-order valence-corrected chi connectivity index (χ1v) is 11.3. The summed E-state index contributed by atoms with van der Waals surface area (Å²) in [6.07, 6.45) is 6.76. The van der Waals surface area contributed by atoms with Gasteiger partial charge in [0.2, 0.25) is 0 Å². The monoisotopic (exact) mass is 410 g/mol. The number of rotatable bonds is 0. The van der Waals surface area contributed by atoms with E-state index in [1.165, 1.54) is 0 Å². The molecule has 5 saturated carbocycles. The largest absolute Gasteiger partial charge is 0.464 e. The number of fused-ring (bicyclic) bond motifs is 2. The van der Waals surface area contributed by atoms with Crippen molar-refractivity contribution in [2.45, 2.75) is 60.3 Å². The highest BCUT2D eigenvalue weighted by Gasteiger charge is 2.90. The highest BCUT2D eigenvalue weighted by molar-refractivity contribution is 6.20. The molecule has 4 bridgehead atoms. The van der Waals surface area contributed by atoms with Gasteiger partial charge < -0.3 is 4.74 Å². The molecule has 0 amide bonds. The van der Waals surface area contributed by atoms with E-state index in [0.29, 0.717) is 12.8 Å². The summed E-state index contributed by atoms with van der Waals surface area (Å²) < 4.78 is 5.62. The van der Waals surface area contributed by atoms with Gasteiger partial charge in [0.15, 0.2) is 17.3 Å². The standard InChI is InChI=1S/C25H30O5/c1-20(2)13-6-9-24-11-22(4)17(27)16-18(28)30-12-25(16,24)23(5,19(22)29)10-14(24)21(13,3)8-7-15(20)26/h7-8,13-14,16H,6,9-12H2,1-5H3/t13?,14-,16+,21-,22-,23-,24-,25+/m0/s1. The molecular weight excluding hydrogens is 380 g/mol. The van der Waals surface area contributed by atoms with E-state index < -0.39 is 33.5 Å². The summed E-state index contributed by atoms with van der Waals surface area (Å²) in [7, 11) is 0. The summed E-state index contributed by atoms with van der Waals surface area (Å²) in [5, 5.41) is 0. The third kappa shape index (κ3) is 1.45. The number of carbonyl (C=O) groups is 4. The third-order valence-electron chi connectivity index (χ3n) is 11.3. The normalized spacial score (nSPS) is 57.2. The van der Waals surface area contributed by atoms with Gasteiger partial charge in [-0.2, -0.15) is 0 Å². The van der Waals surface area contributed by atoms with E-state index in [1.807, 2.05) is 20.8 Å². The molecule has 30 heavy (non-hydrogen) atoms. The maximum absolute atomic E-state index is 13.9. The molecule has 0 N–H and O–H groups in total. The smallest absolute Gasteiger partial charge is 0.317 e. The van der Waals surface area contributed by atoms with E-state index in [4.69, 9.17) is 4.74 Å². The van der Waals surface area contributed by atoms with E-state index >= 15 is 0 Å². The van der Waals surface area contributed by atoms with Crippen molar-refractivity contribution in [1.82, 2.24) is 0 Å². The van der Waals surface area contributed by atoms with E-state index in [9.17, 15) is 19.2 Å². The Bertz CT molecular complexity index is 1010. The minimum atomic E-state index is -1.10. The number of Topliss-reactive ketones (excluding diaryl/α,β-unsaturated/α-hetero) is 2. The molecule has 1 unspecified atom stereocenters. The Labute approximate surface area is 177 Å². The molecule has 5 heteroatoms. The van der Waals surface area contributed by atoms with Crippen LogP contribution in [0.3, 0.4) is 0 Å². The predicted molar refractivity (Wildman–Crippen MR) is 107 cm³/mol. The van der Waals surface area contributed by atoms with Gasteiger partial charge in [-0.1, -0.05) is 33.8 Å². The second-order valence-electron chi connectivity index (χ2n) is 12.3. The second kappa shape index (κ2) is 4.68. The van der Waals surface area contributed by atoms with Gasteiger partial charge in [0.25, 0.3) is 0 Å². The van der Waals surface area contributed by atoms with Crippen LogP contribution in [0.15, 0.2) is 12.2 Å². The third-order valence-corrected chi connectivity index (χ3v) is 11.3. The molecule has 0 aromatic rings. The topological polar surface area (TPSA) is 77.5 Å². The highest BCUT2D eigenvalue weighted by Crippen LogP contribution is 2.86. The van der Waals surface area contributed by atoms with Gasteiger partial charge in [-0.3, -0.25) is 19.2 Å². The lowest BCUT2D eigenvalue weighted by molar-refractivity contribution is -0.213. The van der Waals surface area contributed by atoms with Gasteiger partial charge in [0.1, 0.15) is 5.92 Å². The van der Waals surface area contributed by atoms with Crippen LogP contribution in [0.2, 0.25) is 0 Å². The number of carbonyl (C=O) groups excluding carboxylic acids is 4. The predicted octanol–water partition coefficient (Wildman–Crippen LogP) is 3.30. The number of allylic oxidation sites excluding steroid dienone is 2. The van der Waals surface area contributed by atoms with Crippen molar-refractivity contribution in [3.8, 4) is 0 Å². The molecule has 6 fully saturated rings. The summed E-state index contributed by atoms with van der Waals surface area (Å²) in [5.41, 5.74) is -3.58. The van der Waals surface area contributed by atoms with E-state index in [2.05, 4.69) is 13.0 Å². The average molecular weight is 411 g/mol. The Morgan fingerprint density at radius 3 is 2.40 bits per heavy atom. The Balaban J connectivity index is 1.64. The molecule has 0 aromatic heterocycles. The van der Waals surface area contributed by atoms with Crippen LogP contribution in [-0.2, 0) is 23.9 Å². The van der Waals surface area contributed by atoms with Crippen molar-refractivity contribution >= 4 is 23.3 Å². The molecule has 1 saturated heterocycles. The molecule has 7 aliphatic rings. The summed E-state index contributed by atoms with van der Waals surface area (Å²) in [4.78, 5) is 53.0. The number of ether oxygens (including phenoxy) is 1. The fraction of sp³-hybridized carbons (Fsp3) is 0.760. The molecular formula is C25H30O5. The van der Waals surface area contributed by atoms with Gasteiger partial charge in [-0.15, -0.1) is 0 Å². The molecule has 0 aromatic carbocycles. The van der Waals surface area contributed by atoms with Gasteiger partial charge in [0, 0.05) is 16.2 Å². The number of hydrogen-bond donors (Lipinski definition) is 0. The van der Waals surface area contributed by atoms with Crippen LogP contribution in [-0.4, -0.2) is 29.9 Å². The number of ketones is 3. The SMILES string of the molecule is CC1(C)C(=O)C=C[C@@]2(C)C1CC[C@@]13C[C@@]4(C)C(=O)[C@@H]5C(=O)OC[C@]51[C@@](C)(C[C@H]32)C4=O. The zero-order valence-electron chi connectivity index (χ0n) is 18.5. The first-order valence-electron chi connectivity index (χ1n) is 11.3. The minimum Gasteiger partial charge on any atom is -0.464 e. The molecule has 8 atom stereocenters. The van der Waals surface area contributed by atoms with Gasteiger partial charge in [-0.25, -0.2) is 0 Å². The van der Waals surface area contributed by atoms with Gasteiger partial charge >= 0.3 is 5.97 Å². The van der Waals surface area contributed by atoms with Crippen LogP contribution in [0.1, 0.15) is 60.3 Å². The molecule has 1 aliphatic heterocycles.